The smallest absolute Gasteiger partial charge is 0.220 e. The molecule has 21 heavy (non-hydrogen) atoms. The van der Waals surface area contributed by atoms with E-state index in [1.165, 1.54) is 12.8 Å². The molecule has 0 aliphatic carbocycles. The number of hydrogen-bond acceptors (Lipinski definition) is 4. The van der Waals surface area contributed by atoms with Gasteiger partial charge in [0, 0.05) is 32.6 Å². The lowest BCUT2D eigenvalue weighted by Crippen LogP contribution is -2.50. The topological polar surface area (TPSA) is 53.6 Å². The number of morpholine rings is 1. The summed E-state index contributed by atoms with van der Waals surface area (Å²) >= 11 is 0. The van der Waals surface area contributed by atoms with Gasteiger partial charge in [0.2, 0.25) is 5.91 Å². The van der Waals surface area contributed by atoms with Crippen molar-refractivity contribution in [3.05, 3.63) is 0 Å². The van der Waals surface area contributed by atoms with Gasteiger partial charge in [-0.2, -0.15) is 0 Å². The minimum Gasteiger partial charge on any atom is -0.373 e. The van der Waals surface area contributed by atoms with Gasteiger partial charge in [-0.15, -0.1) is 0 Å². The van der Waals surface area contributed by atoms with Crippen molar-refractivity contribution in [1.82, 2.24) is 15.5 Å². The average molecular weight is 297 g/mol. The Labute approximate surface area is 128 Å². The lowest BCUT2D eigenvalue weighted by atomic mass is 9.93. The van der Waals surface area contributed by atoms with E-state index in [-0.39, 0.29) is 11.5 Å². The van der Waals surface area contributed by atoms with Crippen LogP contribution in [0.3, 0.4) is 0 Å². The van der Waals surface area contributed by atoms with E-state index in [0.29, 0.717) is 6.42 Å². The highest BCUT2D eigenvalue weighted by atomic mass is 16.5. The Morgan fingerprint density at radius 3 is 2.86 bits per heavy atom. The Morgan fingerprint density at radius 1 is 1.38 bits per heavy atom. The highest BCUT2D eigenvalue weighted by molar-refractivity contribution is 5.75. The third-order valence-electron chi connectivity index (χ3n) is 4.49. The van der Waals surface area contributed by atoms with Crippen molar-refractivity contribution >= 4 is 5.91 Å². The lowest BCUT2D eigenvalue weighted by molar-refractivity contribution is -0.121. The molecule has 2 rings (SSSR count). The van der Waals surface area contributed by atoms with Crippen molar-refractivity contribution in [2.75, 3.05) is 45.9 Å². The van der Waals surface area contributed by atoms with Gasteiger partial charge in [-0.25, -0.2) is 0 Å². The van der Waals surface area contributed by atoms with Gasteiger partial charge in [-0.1, -0.05) is 0 Å². The molecule has 2 N–H and O–H groups in total. The first-order valence-corrected chi connectivity index (χ1v) is 8.39. The predicted octanol–water partition coefficient (Wildman–Crippen LogP) is 0.993. The van der Waals surface area contributed by atoms with Crippen molar-refractivity contribution in [3.8, 4) is 0 Å². The van der Waals surface area contributed by atoms with Crippen LogP contribution in [0.25, 0.3) is 0 Å². The second-order valence-corrected chi connectivity index (χ2v) is 6.97. The van der Waals surface area contributed by atoms with Crippen molar-refractivity contribution in [3.63, 3.8) is 0 Å². The number of carbonyl (C=O) groups is 1. The number of piperidine rings is 1. The van der Waals surface area contributed by atoms with Crippen LogP contribution in [0.5, 0.6) is 0 Å². The molecular formula is C16H31N3O2. The molecule has 0 bridgehead atoms. The maximum absolute atomic E-state index is 11.9. The standard InChI is InChI=1S/C16H31N3O2/c1-16(2)13-19(11-12-21-16)10-9-18-15(20)4-3-14-5-7-17-8-6-14/h14,17H,3-13H2,1-2H3,(H,18,20). The fourth-order valence-corrected chi connectivity index (χ4v) is 3.25. The van der Waals surface area contributed by atoms with E-state index >= 15 is 0 Å². The number of carbonyl (C=O) groups excluding carboxylic acids is 1. The van der Waals surface area contributed by atoms with E-state index in [1.54, 1.807) is 0 Å². The number of rotatable bonds is 6. The molecule has 122 valence electrons. The van der Waals surface area contributed by atoms with Crippen LogP contribution < -0.4 is 10.6 Å². The van der Waals surface area contributed by atoms with E-state index < -0.39 is 0 Å². The average Bonchev–Trinajstić information content (AvgIpc) is 2.45. The molecule has 5 heteroatoms. The predicted molar refractivity (Wildman–Crippen MR) is 84.3 cm³/mol. The van der Waals surface area contributed by atoms with Gasteiger partial charge >= 0.3 is 0 Å². The number of amides is 1. The normalized spacial score (nSPS) is 23.9. The van der Waals surface area contributed by atoms with E-state index in [9.17, 15) is 4.79 Å². The summed E-state index contributed by atoms with van der Waals surface area (Å²) in [6.07, 6.45) is 4.16. The van der Waals surface area contributed by atoms with E-state index in [4.69, 9.17) is 4.74 Å². The number of hydrogen-bond donors (Lipinski definition) is 2. The molecule has 1 amide bonds. The molecule has 0 radical (unpaired) electrons. The number of nitrogens with zero attached hydrogens (tertiary/aromatic N) is 1. The molecule has 0 unspecified atom stereocenters. The molecular weight excluding hydrogens is 266 g/mol. The molecule has 0 aromatic heterocycles. The van der Waals surface area contributed by atoms with Crippen molar-refractivity contribution < 1.29 is 9.53 Å². The van der Waals surface area contributed by atoms with Gasteiger partial charge in [0.15, 0.2) is 0 Å². The Balaban J connectivity index is 1.54. The molecule has 5 nitrogen and oxygen atoms in total. The minimum absolute atomic E-state index is 0.0583. The number of nitrogens with one attached hydrogen (secondary N) is 2. The molecule has 2 heterocycles. The maximum atomic E-state index is 11.9. The van der Waals surface area contributed by atoms with Crippen LogP contribution in [0.15, 0.2) is 0 Å². The Hall–Kier alpha value is -0.650. The van der Waals surface area contributed by atoms with E-state index in [1.807, 2.05) is 0 Å². The summed E-state index contributed by atoms with van der Waals surface area (Å²) in [6, 6.07) is 0. The largest absolute Gasteiger partial charge is 0.373 e. The van der Waals surface area contributed by atoms with Gasteiger partial charge in [-0.05, 0) is 52.1 Å². The van der Waals surface area contributed by atoms with Gasteiger partial charge in [0.25, 0.3) is 0 Å². The third-order valence-corrected chi connectivity index (χ3v) is 4.49. The summed E-state index contributed by atoms with van der Waals surface area (Å²) in [7, 11) is 0. The summed E-state index contributed by atoms with van der Waals surface area (Å²) in [5.41, 5.74) is -0.0583. The van der Waals surface area contributed by atoms with Gasteiger partial charge in [0.1, 0.15) is 0 Å². The molecule has 0 saturated carbocycles. The molecule has 2 fully saturated rings. The summed E-state index contributed by atoms with van der Waals surface area (Å²) in [5.74, 6) is 0.943. The van der Waals surface area contributed by atoms with Gasteiger partial charge in [0.05, 0.1) is 12.2 Å². The van der Waals surface area contributed by atoms with Crippen LogP contribution >= 0.6 is 0 Å². The zero-order valence-corrected chi connectivity index (χ0v) is 13.6. The van der Waals surface area contributed by atoms with Crippen molar-refractivity contribution in [2.45, 2.75) is 45.1 Å². The molecule has 0 spiro atoms. The molecule has 2 aliphatic rings. The van der Waals surface area contributed by atoms with E-state index in [2.05, 4.69) is 29.4 Å². The second kappa shape index (κ2) is 8.11. The highest BCUT2D eigenvalue weighted by Gasteiger charge is 2.26. The van der Waals surface area contributed by atoms with Crippen LogP contribution in [0.1, 0.15) is 39.5 Å². The number of ether oxygens (including phenoxy) is 1. The van der Waals surface area contributed by atoms with Crippen molar-refractivity contribution in [1.29, 1.82) is 0 Å². The molecule has 0 aromatic carbocycles. The zero-order valence-electron chi connectivity index (χ0n) is 13.6. The van der Waals surface area contributed by atoms with Gasteiger partial charge in [-0.3, -0.25) is 9.69 Å². The molecule has 2 aliphatic heterocycles. The first-order chi connectivity index (χ1) is 10.1. The molecule has 0 aromatic rings. The zero-order chi connectivity index (χ0) is 15.1. The summed E-state index contributed by atoms with van der Waals surface area (Å²) in [6.45, 7) is 10.8. The van der Waals surface area contributed by atoms with Crippen LogP contribution in [0, 0.1) is 5.92 Å². The van der Waals surface area contributed by atoms with Crippen LogP contribution in [0.4, 0.5) is 0 Å². The van der Waals surface area contributed by atoms with Gasteiger partial charge < -0.3 is 15.4 Å². The Kier molecular flexibility index (Phi) is 6.45. The summed E-state index contributed by atoms with van der Waals surface area (Å²) in [4.78, 5) is 14.3. The molecule has 2 saturated heterocycles. The van der Waals surface area contributed by atoms with Crippen LogP contribution in [-0.2, 0) is 9.53 Å². The Bertz CT molecular complexity index is 327. The first kappa shape index (κ1) is 16.7. The monoisotopic (exact) mass is 297 g/mol. The maximum Gasteiger partial charge on any atom is 0.220 e. The summed E-state index contributed by atoms with van der Waals surface area (Å²) < 4.78 is 5.69. The minimum atomic E-state index is -0.0583. The third kappa shape index (κ3) is 6.32. The van der Waals surface area contributed by atoms with Crippen molar-refractivity contribution in [2.24, 2.45) is 5.92 Å². The fourth-order valence-electron chi connectivity index (χ4n) is 3.25. The van der Waals surface area contributed by atoms with E-state index in [0.717, 1.165) is 58.2 Å². The SMILES string of the molecule is CC1(C)CN(CCNC(=O)CCC2CCNCC2)CCO1. The second-order valence-electron chi connectivity index (χ2n) is 6.97. The highest BCUT2D eigenvalue weighted by Crippen LogP contribution is 2.17. The fraction of sp³-hybridized carbons (Fsp3) is 0.938. The lowest BCUT2D eigenvalue weighted by Gasteiger charge is -2.38. The quantitative estimate of drug-likeness (QED) is 0.768. The summed E-state index contributed by atoms with van der Waals surface area (Å²) in [5, 5.41) is 6.42. The van der Waals surface area contributed by atoms with Crippen LogP contribution in [0.2, 0.25) is 0 Å². The van der Waals surface area contributed by atoms with Crippen LogP contribution in [-0.4, -0.2) is 62.3 Å². The first-order valence-electron chi connectivity index (χ1n) is 8.39. The molecule has 0 atom stereocenters. The Morgan fingerprint density at radius 2 is 2.14 bits per heavy atom.